The van der Waals surface area contributed by atoms with E-state index in [1.807, 2.05) is 0 Å². The fourth-order valence-corrected chi connectivity index (χ4v) is 3.15. The van der Waals surface area contributed by atoms with Gasteiger partial charge >= 0.3 is 0 Å². The molecule has 0 N–H and O–H groups in total. The summed E-state index contributed by atoms with van der Waals surface area (Å²) >= 11 is 7.99. The third kappa shape index (κ3) is 3.25. The molecule has 0 radical (unpaired) electrons. The molecule has 0 nitrogen and oxygen atoms in total. The van der Waals surface area contributed by atoms with Gasteiger partial charge in [0, 0.05) is 11.1 Å². The standard InChI is InChI=1S/C9H17ClS/c1-9(2,7-10)6-8-4-3-5-11-8/h8H,3-7H2,1-2H3. The maximum Gasteiger partial charge on any atom is 0.0275 e. The lowest BCUT2D eigenvalue weighted by Gasteiger charge is -2.24. The van der Waals surface area contributed by atoms with Crippen LogP contribution < -0.4 is 0 Å². The number of thioether (sulfide) groups is 1. The maximum atomic E-state index is 5.86. The fourth-order valence-electron chi connectivity index (χ4n) is 1.48. The molecule has 1 unspecified atom stereocenters. The molecule has 0 aromatic rings. The molecule has 0 bridgehead atoms. The summed E-state index contributed by atoms with van der Waals surface area (Å²) in [4.78, 5) is 0. The van der Waals surface area contributed by atoms with Gasteiger partial charge in [0.05, 0.1) is 0 Å². The highest BCUT2D eigenvalue weighted by Gasteiger charge is 2.24. The molecule has 2 heteroatoms. The fraction of sp³-hybridized carbons (Fsp3) is 1.00. The van der Waals surface area contributed by atoms with E-state index in [-0.39, 0.29) is 0 Å². The van der Waals surface area contributed by atoms with Gasteiger partial charge in [-0.25, -0.2) is 0 Å². The first kappa shape index (κ1) is 9.73. The van der Waals surface area contributed by atoms with Gasteiger partial charge < -0.3 is 0 Å². The van der Waals surface area contributed by atoms with Crippen LogP contribution in [0.25, 0.3) is 0 Å². The van der Waals surface area contributed by atoms with Crippen LogP contribution in [-0.4, -0.2) is 16.9 Å². The Bertz CT molecular complexity index is 117. The van der Waals surface area contributed by atoms with E-state index >= 15 is 0 Å². The van der Waals surface area contributed by atoms with Gasteiger partial charge in [0.2, 0.25) is 0 Å². The Morgan fingerprint density at radius 1 is 1.55 bits per heavy atom. The van der Waals surface area contributed by atoms with E-state index < -0.39 is 0 Å². The van der Waals surface area contributed by atoms with Gasteiger partial charge in [-0.2, -0.15) is 11.8 Å². The monoisotopic (exact) mass is 192 g/mol. The number of rotatable bonds is 3. The summed E-state index contributed by atoms with van der Waals surface area (Å²) in [6, 6.07) is 0. The highest BCUT2D eigenvalue weighted by atomic mass is 35.5. The molecule has 1 fully saturated rings. The van der Waals surface area contributed by atoms with Crippen molar-refractivity contribution in [3.8, 4) is 0 Å². The zero-order chi connectivity index (χ0) is 8.32. The highest BCUT2D eigenvalue weighted by Crippen LogP contribution is 2.36. The predicted octanol–water partition coefficient (Wildman–Crippen LogP) is 3.54. The third-order valence-corrected chi connectivity index (χ3v) is 4.29. The van der Waals surface area contributed by atoms with Crippen molar-refractivity contribution in [3.05, 3.63) is 0 Å². The third-order valence-electron chi connectivity index (χ3n) is 2.17. The van der Waals surface area contributed by atoms with Gasteiger partial charge in [-0.3, -0.25) is 0 Å². The van der Waals surface area contributed by atoms with Crippen molar-refractivity contribution >= 4 is 23.4 Å². The smallest absolute Gasteiger partial charge is 0.0275 e. The molecule has 1 aliphatic rings. The zero-order valence-electron chi connectivity index (χ0n) is 7.40. The molecular formula is C9H17ClS. The Morgan fingerprint density at radius 3 is 2.73 bits per heavy atom. The van der Waals surface area contributed by atoms with Crippen LogP contribution in [0.3, 0.4) is 0 Å². The number of alkyl halides is 1. The molecular weight excluding hydrogens is 176 g/mol. The zero-order valence-corrected chi connectivity index (χ0v) is 8.97. The van der Waals surface area contributed by atoms with Gasteiger partial charge in [0.1, 0.15) is 0 Å². The predicted molar refractivity (Wildman–Crippen MR) is 54.6 cm³/mol. The molecule has 0 amide bonds. The van der Waals surface area contributed by atoms with Crippen molar-refractivity contribution in [2.75, 3.05) is 11.6 Å². The van der Waals surface area contributed by atoms with E-state index in [9.17, 15) is 0 Å². The Labute approximate surface area is 79.1 Å². The molecule has 0 spiro atoms. The first-order valence-corrected chi connectivity index (χ1v) is 5.90. The molecule has 1 aliphatic heterocycles. The normalized spacial score (nSPS) is 25.9. The average molecular weight is 193 g/mol. The Balaban J connectivity index is 2.28. The average Bonchev–Trinajstić information content (AvgIpc) is 2.39. The van der Waals surface area contributed by atoms with Crippen LogP contribution >= 0.6 is 23.4 Å². The lowest BCUT2D eigenvalue weighted by molar-refractivity contribution is 0.375. The van der Waals surface area contributed by atoms with Crippen LogP contribution in [0.2, 0.25) is 0 Å². The van der Waals surface area contributed by atoms with Gasteiger partial charge in [-0.05, 0) is 30.4 Å². The molecule has 0 aromatic heterocycles. The van der Waals surface area contributed by atoms with Crippen molar-refractivity contribution in [2.24, 2.45) is 5.41 Å². The van der Waals surface area contributed by atoms with Crippen LogP contribution in [0.4, 0.5) is 0 Å². The van der Waals surface area contributed by atoms with Gasteiger partial charge in [0.25, 0.3) is 0 Å². The van der Waals surface area contributed by atoms with Crippen LogP contribution in [0, 0.1) is 5.41 Å². The van der Waals surface area contributed by atoms with Crippen LogP contribution in [0.15, 0.2) is 0 Å². The molecule has 0 saturated carbocycles. The summed E-state index contributed by atoms with van der Waals surface area (Å²) < 4.78 is 0. The van der Waals surface area contributed by atoms with E-state index in [4.69, 9.17) is 11.6 Å². The van der Waals surface area contributed by atoms with Crippen LogP contribution in [-0.2, 0) is 0 Å². The minimum Gasteiger partial charge on any atom is -0.159 e. The van der Waals surface area contributed by atoms with Gasteiger partial charge in [0.15, 0.2) is 0 Å². The van der Waals surface area contributed by atoms with Gasteiger partial charge in [-0.1, -0.05) is 13.8 Å². The topological polar surface area (TPSA) is 0 Å². The highest BCUT2D eigenvalue weighted by molar-refractivity contribution is 8.00. The largest absolute Gasteiger partial charge is 0.159 e. The summed E-state index contributed by atoms with van der Waals surface area (Å²) in [5, 5.41) is 0.892. The molecule has 66 valence electrons. The van der Waals surface area contributed by atoms with E-state index in [0.29, 0.717) is 5.41 Å². The summed E-state index contributed by atoms with van der Waals surface area (Å²) in [6.45, 7) is 4.53. The second kappa shape index (κ2) is 4.04. The number of hydrogen-bond acceptors (Lipinski definition) is 1. The minimum absolute atomic E-state index is 0.351. The van der Waals surface area contributed by atoms with Gasteiger partial charge in [-0.15, -0.1) is 11.6 Å². The van der Waals surface area contributed by atoms with Crippen LogP contribution in [0.5, 0.6) is 0 Å². The van der Waals surface area contributed by atoms with E-state index in [0.717, 1.165) is 11.1 Å². The van der Waals surface area contributed by atoms with E-state index in [1.54, 1.807) is 0 Å². The SMILES string of the molecule is CC(C)(CCl)CC1CCCS1. The first-order valence-electron chi connectivity index (χ1n) is 4.32. The summed E-state index contributed by atoms with van der Waals surface area (Å²) in [7, 11) is 0. The van der Waals surface area contributed by atoms with E-state index in [1.165, 1.54) is 25.0 Å². The Morgan fingerprint density at radius 2 is 2.27 bits per heavy atom. The van der Waals surface area contributed by atoms with Crippen molar-refractivity contribution in [3.63, 3.8) is 0 Å². The number of halogens is 1. The van der Waals surface area contributed by atoms with Crippen molar-refractivity contribution in [2.45, 2.75) is 38.4 Å². The minimum atomic E-state index is 0.351. The van der Waals surface area contributed by atoms with Crippen molar-refractivity contribution in [1.82, 2.24) is 0 Å². The molecule has 1 saturated heterocycles. The van der Waals surface area contributed by atoms with E-state index in [2.05, 4.69) is 25.6 Å². The Kier molecular flexibility index (Phi) is 3.57. The second-order valence-corrected chi connectivity index (χ2v) is 5.81. The molecule has 1 heterocycles. The van der Waals surface area contributed by atoms with Crippen molar-refractivity contribution in [1.29, 1.82) is 0 Å². The summed E-state index contributed by atoms with van der Waals surface area (Å²) in [6.07, 6.45) is 4.11. The van der Waals surface area contributed by atoms with Crippen molar-refractivity contribution < 1.29 is 0 Å². The first-order chi connectivity index (χ1) is 5.14. The lowest BCUT2D eigenvalue weighted by atomic mass is 9.89. The van der Waals surface area contributed by atoms with Crippen LogP contribution in [0.1, 0.15) is 33.1 Å². The number of hydrogen-bond donors (Lipinski definition) is 0. The quantitative estimate of drug-likeness (QED) is 0.617. The summed E-state index contributed by atoms with van der Waals surface area (Å²) in [5.41, 5.74) is 0.351. The summed E-state index contributed by atoms with van der Waals surface area (Å²) in [5.74, 6) is 2.16. The maximum absolute atomic E-state index is 5.86. The second-order valence-electron chi connectivity index (χ2n) is 4.14. The molecule has 11 heavy (non-hydrogen) atoms. The lowest BCUT2D eigenvalue weighted by Crippen LogP contribution is -2.18. The Hall–Kier alpha value is 0.640. The molecule has 0 aromatic carbocycles. The molecule has 0 aliphatic carbocycles. The molecule has 1 rings (SSSR count). The molecule has 1 atom stereocenters.